The lowest BCUT2D eigenvalue weighted by atomic mass is 9.74. The first-order valence-corrected chi connectivity index (χ1v) is 12.3. The third kappa shape index (κ3) is 4.81. The monoisotopic (exact) mass is 517 g/mol. The molecule has 4 rings (SSSR count). The zero-order chi connectivity index (χ0) is 27.5. The number of imide groups is 1. The zero-order valence-corrected chi connectivity index (χ0v) is 22.1. The minimum absolute atomic E-state index is 0.0390. The molecule has 0 radical (unpaired) electrons. The number of benzene rings is 3. The summed E-state index contributed by atoms with van der Waals surface area (Å²) in [5.74, 6) is -0.563. The van der Waals surface area contributed by atoms with E-state index < -0.39 is 29.0 Å². The number of esters is 1. The van der Waals surface area contributed by atoms with E-state index in [9.17, 15) is 14.4 Å². The van der Waals surface area contributed by atoms with Crippen LogP contribution >= 0.6 is 0 Å². The van der Waals surface area contributed by atoms with Crippen LogP contribution in [0.3, 0.4) is 0 Å². The molecule has 0 spiro atoms. The number of rotatable bonds is 7. The Kier molecular flexibility index (Phi) is 7.44. The van der Waals surface area contributed by atoms with Crippen LogP contribution in [0.4, 0.5) is 10.5 Å². The van der Waals surface area contributed by atoms with Gasteiger partial charge in [-0.3, -0.25) is 9.59 Å². The van der Waals surface area contributed by atoms with E-state index in [1.807, 2.05) is 24.3 Å². The van der Waals surface area contributed by atoms with E-state index in [0.717, 1.165) is 10.5 Å². The van der Waals surface area contributed by atoms with Crippen LogP contribution in [0.5, 0.6) is 11.5 Å². The van der Waals surface area contributed by atoms with Crippen molar-refractivity contribution in [2.24, 2.45) is 0 Å². The maximum absolute atomic E-state index is 14.3. The van der Waals surface area contributed by atoms with E-state index in [4.69, 9.17) is 18.9 Å². The Bertz CT molecular complexity index is 1340. The van der Waals surface area contributed by atoms with Crippen molar-refractivity contribution in [3.8, 4) is 11.5 Å². The Morgan fingerprint density at radius 2 is 1.53 bits per heavy atom. The topological polar surface area (TPSA) is 91.4 Å². The van der Waals surface area contributed by atoms with Crippen molar-refractivity contribution in [2.45, 2.75) is 45.3 Å². The van der Waals surface area contributed by atoms with Gasteiger partial charge in [0.1, 0.15) is 23.7 Å². The number of nitrogens with zero attached hydrogens (tertiary/aromatic N) is 1. The predicted octanol–water partition coefficient (Wildman–Crippen LogP) is 5.41. The number of methoxy groups -OCH3 is 1. The SMILES string of the molecule is CCOC(=O)[C@]1(c2ccccc2OCc2ccc(OC)cc2)C(=O)N(C(=O)OC(C)(C)C)c2ccccc21. The lowest BCUT2D eigenvalue weighted by molar-refractivity contribution is -0.151. The third-order valence-electron chi connectivity index (χ3n) is 6.07. The second kappa shape index (κ2) is 10.6. The van der Waals surface area contributed by atoms with Crippen molar-refractivity contribution in [3.05, 3.63) is 89.5 Å². The summed E-state index contributed by atoms with van der Waals surface area (Å²) in [6.45, 7) is 6.99. The van der Waals surface area contributed by atoms with Gasteiger partial charge in [0, 0.05) is 11.1 Å². The molecule has 198 valence electrons. The summed E-state index contributed by atoms with van der Waals surface area (Å²) in [7, 11) is 1.59. The number of hydrogen-bond donors (Lipinski definition) is 0. The Balaban J connectivity index is 1.84. The molecule has 0 N–H and O–H groups in total. The number of fused-ring (bicyclic) bond motifs is 1. The first-order chi connectivity index (χ1) is 18.1. The molecule has 38 heavy (non-hydrogen) atoms. The van der Waals surface area contributed by atoms with Crippen LogP contribution in [0, 0.1) is 0 Å². The summed E-state index contributed by atoms with van der Waals surface area (Å²) in [4.78, 5) is 42.3. The van der Waals surface area contributed by atoms with E-state index in [1.165, 1.54) is 0 Å². The van der Waals surface area contributed by atoms with Crippen LogP contribution in [0.15, 0.2) is 72.8 Å². The van der Waals surface area contributed by atoms with E-state index in [0.29, 0.717) is 17.1 Å². The third-order valence-corrected chi connectivity index (χ3v) is 6.07. The highest BCUT2D eigenvalue weighted by Gasteiger charge is 2.62. The first kappa shape index (κ1) is 26.7. The summed E-state index contributed by atoms with van der Waals surface area (Å²) in [6.07, 6.45) is -0.877. The summed E-state index contributed by atoms with van der Waals surface area (Å²) in [5.41, 5.74) is -1.13. The van der Waals surface area contributed by atoms with Gasteiger partial charge < -0.3 is 18.9 Å². The molecule has 0 saturated carbocycles. The highest BCUT2D eigenvalue weighted by Crippen LogP contribution is 2.50. The minimum atomic E-state index is -1.97. The van der Waals surface area contributed by atoms with Crippen LogP contribution in [0.2, 0.25) is 0 Å². The van der Waals surface area contributed by atoms with E-state index in [1.54, 1.807) is 83.3 Å². The molecule has 3 aromatic rings. The number of para-hydroxylation sites is 2. The quantitative estimate of drug-likeness (QED) is 0.306. The van der Waals surface area contributed by atoms with Gasteiger partial charge in [-0.25, -0.2) is 9.69 Å². The molecule has 0 fully saturated rings. The van der Waals surface area contributed by atoms with Gasteiger partial charge in [0.15, 0.2) is 0 Å². The van der Waals surface area contributed by atoms with Crippen LogP contribution in [0.1, 0.15) is 44.4 Å². The summed E-state index contributed by atoms with van der Waals surface area (Å²) < 4.78 is 22.4. The molecular weight excluding hydrogens is 486 g/mol. The molecule has 2 amide bonds. The van der Waals surface area contributed by atoms with Gasteiger partial charge in [-0.1, -0.05) is 48.5 Å². The maximum atomic E-state index is 14.3. The van der Waals surface area contributed by atoms with Gasteiger partial charge in [0.25, 0.3) is 5.91 Å². The predicted molar refractivity (Wildman–Crippen MR) is 141 cm³/mol. The molecule has 1 heterocycles. The lowest BCUT2D eigenvalue weighted by Crippen LogP contribution is -2.50. The maximum Gasteiger partial charge on any atom is 0.421 e. The molecular formula is C30H31NO7. The number of anilines is 1. The molecule has 1 aliphatic heterocycles. The highest BCUT2D eigenvalue weighted by atomic mass is 16.6. The molecule has 0 aromatic heterocycles. The molecule has 8 nitrogen and oxygen atoms in total. The molecule has 0 unspecified atom stereocenters. The fourth-order valence-electron chi connectivity index (χ4n) is 4.46. The second-order valence-electron chi connectivity index (χ2n) is 9.74. The zero-order valence-electron chi connectivity index (χ0n) is 22.1. The normalized spacial score (nSPS) is 16.6. The number of carbonyl (C=O) groups is 3. The van der Waals surface area contributed by atoms with E-state index in [2.05, 4.69) is 0 Å². The smallest absolute Gasteiger partial charge is 0.421 e. The van der Waals surface area contributed by atoms with Crippen molar-refractivity contribution in [1.29, 1.82) is 0 Å². The Labute approximate surface area is 222 Å². The Morgan fingerprint density at radius 3 is 2.16 bits per heavy atom. The summed E-state index contributed by atoms with van der Waals surface area (Å²) in [6, 6.07) is 20.8. The summed E-state index contributed by atoms with van der Waals surface area (Å²) >= 11 is 0. The van der Waals surface area contributed by atoms with Crippen LogP contribution in [-0.4, -0.2) is 37.3 Å². The average Bonchev–Trinajstić information content (AvgIpc) is 3.16. The largest absolute Gasteiger partial charge is 0.497 e. The second-order valence-corrected chi connectivity index (χ2v) is 9.74. The number of carbonyl (C=O) groups excluding carboxylic acids is 3. The van der Waals surface area contributed by atoms with E-state index >= 15 is 0 Å². The van der Waals surface area contributed by atoms with Gasteiger partial charge in [0.2, 0.25) is 5.41 Å². The lowest BCUT2D eigenvalue weighted by Gasteiger charge is -2.29. The van der Waals surface area contributed by atoms with Crippen LogP contribution in [-0.2, 0) is 31.1 Å². The average molecular weight is 518 g/mol. The van der Waals surface area contributed by atoms with Crippen molar-refractivity contribution >= 4 is 23.7 Å². The molecule has 1 atom stereocenters. The van der Waals surface area contributed by atoms with Crippen molar-refractivity contribution < 1.29 is 33.3 Å². The minimum Gasteiger partial charge on any atom is -0.497 e. The van der Waals surface area contributed by atoms with Gasteiger partial charge >= 0.3 is 12.1 Å². The fourth-order valence-corrected chi connectivity index (χ4v) is 4.46. The van der Waals surface area contributed by atoms with Crippen molar-refractivity contribution in [1.82, 2.24) is 0 Å². The van der Waals surface area contributed by atoms with Crippen molar-refractivity contribution in [3.63, 3.8) is 0 Å². The van der Waals surface area contributed by atoms with Gasteiger partial charge in [0.05, 0.1) is 19.4 Å². The first-order valence-electron chi connectivity index (χ1n) is 12.3. The highest BCUT2D eigenvalue weighted by molar-refractivity contribution is 6.30. The van der Waals surface area contributed by atoms with Crippen molar-refractivity contribution in [2.75, 3.05) is 18.6 Å². The molecule has 0 bridgehead atoms. The van der Waals surface area contributed by atoms with Gasteiger partial charge in [-0.15, -0.1) is 0 Å². The molecule has 8 heteroatoms. The van der Waals surface area contributed by atoms with Gasteiger partial charge in [-0.2, -0.15) is 0 Å². The molecule has 0 aliphatic carbocycles. The summed E-state index contributed by atoms with van der Waals surface area (Å²) in [5, 5.41) is 0. The number of ether oxygens (including phenoxy) is 4. The number of amides is 2. The standard InChI is InChI=1S/C30H31NO7/c1-6-36-27(33)30(22-11-7-9-13-24(22)31(26(30)32)28(34)38-29(2,3)4)23-12-8-10-14-25(23)37-19-20-15-17-21(35-5)18-16-20/h7-18H,6,19H2,1-5H3/t30-/m1/s1. The molecule has 3 aromatic carbocycles. The Hall–Kier alpha value is -4.33. The van der Waals surface area contributed by atoms with E-state index in [-0.39, 0.29) is 24.5 Å². The Morgan fingerprint density at radius 1 is 0.895 bits per heavy atom. The van der Waals surface area contributed by atoms with Gasteiger partial charge in [-0.05, 0) is 57.5 Å². The number of hydrogen-bond acceptors (Lipinski definition) is 7. The fraction of sp³-hybridized carbons (Fsp3) is 0.300. The van der Waals surface area contributed by atoms with Crippen LogP contribution in [0.25, 0.3) is 0 Å². The molecule has 1 aliphatic rings. The molecule has 0 saturated heterocycles. The van der Waals surface area contributed by atoms with Crippen LogP contribution < -0.4 is 14.4 Å².